The molecule has 3 rings (SSSR count). The lowest BCUT2D eigenvalue weighted by atomic mass is 10.1. The fourth-order valence-corrected chi connectivity index (χ4v) is 4.35. The molecule has 0 saturated carbocycles. The maximum absolute atomic E-state index is 12.7. The number of hydrogen-bond donors (Lipinski definition) is 1. The highest BCUT2D eigenvalue weighted by Gasteiger charge is 2.23. The van der Waals surface area contributed by atoms with E-state index < -0.39 is 5.97 Å². The molecule has 1 aromatic carbocycles. The largest absolute Gasteiger partial charge is 0.451 e. The number of pyridine rings is 1. The standard InChI is InChI=1S/C22H25N3O3S/c1-13(2)25(11-16-8-6-5-7-9-16)17(26)12-28-22(27)20-19(23)18-14(3)10-15(4)24-21(18)29-20/h5-10,13H,11-12,23H2,1-4H3. The van der Waals surface area contributed by atoms with Crippen molar-refractivity contribution in [3.63, 3.8) is 0 Å². The van der Waals surface area contributed by atoms with Crippen LogP contribution < -0.4 is 5.73 Å². The first kappa shape index (κ1) is 20.8. The van der Waals surface area contributed by atoms with Gasteiger partial charge in [-0.25, -0.2) is 9.78 Å². The van der Waals surface area contributed by atoms with Gasteiger partial charge in [0.05, 0.1) is 5.69 Å². The van der Waals surface area contributed by atoms with Crippen LogP contribution in [0, 0.1) is 13.8 Å². The van der Waals surface area contributed by atoms with Crippen LogP contribution in [0.4, 0.5) is 5.69 Å². The molecule has 0 saturated heterocycles. The van der Waals surface area contributed by atoms with Gasteiger partial charge in [-0.1, -0.05) is 30.3 Å². The summed E-state index contributed by atoms with van der Waals surface area (Å²) in [5.74, 6) is -0.846. The molecule has 0 radical (unpaired) electrons. The molecule has 0 unspecified atom stereocenters. The molecule has 0 atom stereocenters. The number of carbonyl (C=O) groups excluding carboxylic acids is 2. The summed E-state index contributed by atoms with van der Waals surface area (Å²) in [7, 11) is 0. The van der Waals surface area contributed by atoms with Crippen molar-refractivity contribution in [2.45, 2.75) is 40.3 Å². The molecule has 2 N–H and O–H groups in total. The number of fused-ring (bicyclic) bond motifs is 1. The third kappa shape index (κ3) is 4.56. The van der Waals surface area contributed by atoms with E-state index in [4.69, 9.17) is 10.5 Å². The highest BCUT2D eigenvalue weighted by molar-refractivity contribution is 7.21. The number of benzene rings is 1. The van der Waals surface area contributed by atoms with E-state index in [2.05, 4.69) is 4.98 Å². The summed E-state index contributed by atoms with van der Waals surface area (Å²) in [6.07, 6.45) is 0. The van der Waals surface area contributed by atoms with E-state index in [1.807, 2.05) is 64.1 Å². The predicted molar refractivity (Wildman–Crippen MR) is 116 cm³/mol. The van der Waals surface area contributed by atoms with Gasteiger partial charge in [0, 0.05) is 23.7 Å². The minimum atomic E-state index is -0.598. The van der Waals surface area contributed by atoms with Crippen LogP contribution in [-0.4, -0.2) is 34.4 Å². The fourth-order valence-electron chi connectivity index (χ4n) is 3.24. The average Bonchev–Trinajstić information content (AvgIpc) is 3.01. The summed E-state index contributed by atoms with van der Waals surface area (Å²) >= 11 is 1.19. The number of esters is 1. The molecular weight excluding hydrogens is 386 g/mol. The number of nitrogen functional groups attached to an aromatic ring is 1. The number of anilines is 1. The number of nitrogens with zero attached hydrogens (tertiary/aromatic N) is 2. The van der Waals surface area contributed by atoms with Crippen LogP contribution in [0.1, 0.15) is 40.3 Å². The molecule has 1 amide bonds. The van der Waals surface area contributed by atoms with Gasteiger partial charge in [0.1, 0.15) is 9.71 Å². The lowest BCUT2D eigenvalue weighted by Crippen LogP contribution is -2.39. The van der Waals surface area contributed by atoms with Crippen LogP contribution in [-0.2, 0) is 16.1 Å². The number of carbonyl (C=O) groups is 2. The molecule has 152 valence electrons. The van der Waals surface area contributed by atoms with E-state index >= 15 is 0 Å². The van der Waals surface area contributed by atoms with Gasteiger partial charge < -0.3 is 15.4 Å². The van der Waals surface area contributed by atoms with Crippen LogP contribution in [0.5, 0.6) is 0 Å². The molecule has 2 aromatic heterocycles. The molecule has 0 aliphatic heterocycles. The minimum absolute atomic E-state index is 0.0226. The first-order valence-electron chi connectivity index (χ1n) is 9.44. The van der Waals surface area contributed by atoms with Gasteiger partial charge in [-0.3, -0.25) is 4.79 Å². The third-order valence-electron chi connectivity index (χ3n) is 4.68. The summed E-state index contributed by atoms with van der Waals surface area (Å²) in [5.41, 5.74) is 9.38. The lowest BCUT2D eigenvalue weighted by Gasteiger charge is -2.26. The van der Waals surface area contributed by atoms with Gasteiger partial charge in [0.2, 0.25) is 0 Å². The van der Waals surface area contributed by atoms with Crippen molar-refractivity contribution >= 4 is 39.1 Å². The highest BCUT2D eigenvalue weighted by Crippen LogP contribution is 2.35. The predicted octanol–water partition coefficient (Wildman–Crippen LogP) is 4.09. The fraction of sp³-hybridized carbons (Fsp3) is 0.318. The molecule has 2 heterocycles. The van der Waals surface area contributed by atoms with Crippen molar-refractivity contribution in [3.8, 4) is 0 Å². The second-order valence-corrected chi connectivity index (χ2v) is 8.28. The van der Waals surface area contributed by atoms with Gasteiger partial charge in [0.15, 0.2) is 6.61 Å². The zero-order chi connectivity index (χ0) is 21.1. The monoisotopic (exact) mass is 411 g/mol. The second kappa shape index (κ2) is 8.61. The van der Waals surface area contributed by atoms with Crippen molar-refractivity contribution in [2.75, 3.05) is 12.3 Å². The molecular formula is C22H25N3O3S. The van der Waals surface area contributed by atoms with Crippen molar-refractivity contribution in [1.82, 2.24) is 9.88 Å². The summed E-state index contributed by atoms with van der Waals surface area (Å²) in [6.45, 7) is 7.83. The summed E-state index contributed by atoms with van der Waals surface area (Å²) in [6, 6.07) is 11.6. The zero-order valence-corrected chi connectivity index (χ0v) is 17.9. The summed E-state index contributed by atoms with van der Waals surface area (Å²) < 4.78 is 5.31. The molecule has 0 fully saturated rings. The Bertz CT molecular complexity index is 1040. The molecule has 3 aromatic rings. The van der Waals surface area contributed by atoms with Crippen molar-refractivity contribution < 1.29 is 14.3 Å². The zero-order valence-electron chi connectivity index (χ0n) is 17.1. The Labute approximate surface area is 174 Å². The van der Waals surface area contributed by atoms with Gasteiger partial charge in [-0.05, 0) is 44.9 Å². The second-order valence-electron chi connectivity index (χ2n) is 7.28. The van der Waals surface area contributed by atoms with Crippen LogP contribution in [0.2, 0.25) is 0 Å². The summed E-state index contributed by atoms with van der Waals surface area (Å²) in [5, 5.41) is 0.770. The van der Waals surface area contributed by atoms with E-state index in [1.165, 1.54) is 11.3 Å². The average molecular weight is 412 g/mol. The first-order valence-corrected chi connectivity index (χ1v) is 10.3. The van der Waals surface area contributed by atoms with Gasteiger partial charge in [-0.2, -0.15) is 0 Å². The first-order chi connectivity index (χ1) is 13.8. The maximum atomic E-state index is 12.7. The molecule has 6 nitrogen and oxygen atoms in total. The number of aryl methyl sites for hydroxylation is 2. The SMILES string of the molecule is Cc1cc(C)c2c(N)c(C(=O)OCC(=O)N(Cc3ccccc3)C(C)C)sc2n1. The van der Waals surface area contributed by atoms with Crippen molar-refractivity contribution in [3.05, 3.63) is 58.1 Å². The van der Waals surface area contributed by atoms with E-state index in [1.54, 1.807) is 4.90 Å². The topological polar surface area (TPSA) is 85.5 Å². The van der Waals surface area contributed by atoms with Crippen molar-refractivity contribution in [2.24, 2.45) is 0 Å². The smallest absolute Gasteiger partial charge is 0.351 e. The van der Waals surface area contributed by atoms with Gasteiger partial charge in [0.25, 0.3) is 5.91 Å². The number of amides is 1. The van der Waals surface area contributed by atoms with Crippen LogP contribution in [0.25, 0.3) is 10.2 Å². The maximum Gasteiger partial charge on any atom is 0.351 e. The Morgan fingerprint density at radius 3 is 2.55 bits per heavy atom. The Hall–Kier alpha value is -2.93. The number of ether oxygens (including phenoxy) is 1. The molecule has 0 bridgehead atoms. The number of nitrogens with two attached hydrogens (primary N) is 1. The molecule has 0 aliphatic carbocycles. The summed E-state index contributed by atoms with van der Waals surface area (Å²) in [4.78, 5) is 32.4. The van der Waals surface area contributed by atoms with E-state index in [9.17, 15) is 9.59 Å². The van der Waals surface area contributed by atoms with Crippen molar-refractivity contribution in [1.29, 1.82) is 0 Å². The molecule has 29 heavy (non-hydrogen) atoms. The van der Waals surface area contributed by atoms with Gasteiger partial charge >= 0.3 is 5.97 Å². The highest BCUT2D eigenvalue weighted by atomic mass is 32.1. The molecule has 7 heteroatoms. The molecule has 0 aliphatic rings. The number of thiophene rings is 1. The minimum Gasteiger partial charge on any atom is -0.451 e. The van der Waals surface area contributed by atoms with E-state index in [0.717, 1.165) is 22.2 Å². The quantitative estimate of drug-likeness (QED) is 0.618. The lowest BCUT2D eigenvalue weighted by molar-refractivity contribution is -0.136. The van der Waals surface area contributed by atoms with Gasteiger partial charge in [-0.15, -0.1) is 11.3 Å². The van der Waals surface area contributed by atoms with Crippen LogP contribution in [0.15, 0.2) is 36.4 Å². The molecule has 0 spiro atoms. The number of rotatable bonds is 6. The normalized spacial score (nSPS) is 11.1. The Morgan fingerprint density at radius 2 is 1.90 bits per heavy atom. The third-order valence-corrected chi connectivity index (χ3v) is 5.76. The Kier molecular flexibility index (Phi) is 6.17. The van der Waals surface area contributed by atoms with Crippen LogP contribution in [0.3, 0.4) is 0 Å². The van der Waals surface area contributed by atoms with E-state index in [-0.39, 0.29) is 23.4 Å². The van der Waals surface area contributed by atoms with E-state index in [0.29, 0.717) is 17.1 Å². The number of aromatic nitrogens is 1. The van der Waals surface area contributed by atoms with Crippen LogP contribution >= 0.6 is 11.3 Å². The number of hydrogen-bond acceptors (Lipinski definition) is 6. The Morgan fingerprint density at radius 1 is 1.21 bits per heavy atom. The Balaban J connectivity index is 1.72.